The lowest BCUT2D eigenvalue weighted by Crippen LogP contribution is -2.52. The summed E-state index contributed by atoms with van der Waals surface area (Å²) in [6, 6.07) is 17.6. The van der Waals surface area contributed by atoms with Crippen LogP contribution in [0.5, 0.6) is 0 Å². The number of nitrogens with zero attached hydrogens (tertiary/aromatic N) is 1. The summed E-state index contributed by atoms with van der Waals surface area (Å²) in [7, 11) is 0. The molecule has 0 bridgehead atoms. The highest BCUT2D eigenvalue weighted by Gasteiger charge is 2.30. The first-order valence-electron chi connectivity index (χ1n) is 10.6. The summed E-state index contributed by atoms with van der Waals surface area (Å²) in [5, 5.41) is 3.09. The van der Waals surface area contributed by atoms with Crippen LogP contribution in [0, 0.1) is 6.92 Å². The van der Waals surface area contributed by atoms with Gasteiger partial charge >= 0.3 is 0 Å². The fourth-order valence-corrected chi connectivity index (χ4v) is 3.24. The second-order valence-electron chi connectivity index (χ2n) is 7.78. The number of carbonyl (C=O) groups excluding carboxylic acids is 2. The van der Waals surface area contributed by atoms with E-state index in [9.17, 15) is 9.59 Å². The molecule has 0 fully saturated rings. The van der Waals surface area contributed by atoms with Crippen LogP contribution in [-0.2, 0) is 22.6 Å². The van der Waals surface area contributed by atoms with Crippen LogP contribution in [0.1, 0.15) is 56.7 Å². The molecule has 156 valence electrons. The number of benzene rings is 2. The van der Waals surface area contributed by atoms with Crippen LogP contribution in [0.2, 0.25) is 0 Å². The fraction of sp³-hybridized carbons (Fsp3) is 0.440. The predicted molar refractivity (Wildman–Crippen MR) is 118 cm³/mol. The predicted octanol–water partition coefficient (Wildman–Crippen LogP) is 4.65. The maximum atomic E-state index is 13.2. The van der Waals surface area contributed by atoms with E-state index in [2.05, 4.69) is 5.32 Å². The maximum Gasteiger partial charge on any atom is 0.243 e. The number of nitrogens with one attached hydrogen (secondary N) is 1. The van der Waals surface area contributed by atoms with Crippen LogP contribution in [0.3, 0.4) is 0 Å². The maximum absolute atomic E-state index is 13.2. The average Bonchev–Trinajstić information content (AvgIpc) is 2.72. The second kappa shape index (κ2) is 11.4. The number of hydrogen-bond acceptors (Lipinski definition) is 2. The molecule has 0 aliphatic heterocycles. The Labute approximate surface area is 175 Å². The molecule has 0 aliphatic rings. The Morgan fingerprint density at radius 3 is 2.21 bits per heavy atom. The Balaban J connectivity index is 2.35. The zero-order valence-electron chi connectivity index (χ0n) is 18.2. The molecule has 1 N–H and O–H groups in total. The molecule has 0 saturated heterocycles. The van der Waals surface area contributed by atoms with E-state index in [0.717, 1.165) is 24.0 Å². The van der Waals surface area contributed by atoms with E-state index in [1.807, 2.05) is 82.3 Å². The van der Waals surface area contributed by atoms with Crippen molar-refractivity contribution in [2.75, 3.05) is 0 Å². The molecule has 4 nitrogen and oxygen atoms in total. The summed E-state index contributed by atoms with van der Waals surface area (Å²) < 4.78 is 0. The van der Waals surface area contributed by atoms with Gasteiger partial charge in [-0.3, -0.25) is 9.59 Å². The Kier molecular flexibility index (Phi) is 8.91. The molecule has 2 atom stereocenters. The molecule has 0 spiro atoms. The van der Waals surface area contributed by atoms with Crippen LogP contribution in [0.15, 0.2) is 54.6 Å². The number of hydrogen-bond donors (Lipinski definition) is 1. The first-order chi connectivity index (χ1) is 13.9. The van der Waals surface area contributed by atoms with Crippen molar-refractivity contribution >= 4 is 11.8 Å². The lowest BCUT2D eigenvalue weighted by molar-refractivity contribution is -0.141. The standard InChI is InChI=1S/C25H34N2O2/c1-5-10-24(28)27(18-22-15-13-19(3)14-16-22)23(25(29)26-20(4)6-2)17-21-11-8-7-9-12-21/h7-9,11-16,20,23H,5-6,10,17-18H2,1-4H3,(H,26,29). The van der Waals surface area contributed by atoms with Crippen molar-refractivity contribution < 1.29 is 9.59 Å². The molecule has 2 aromatic rings. The molecule has 0 saturated carbocycles. The number of amides is 2. The lowest BCUT2D eigenvalue weighted by Gasteiger charge is -2.32. The van der Waals surface area contributed by atoms with Crippen molar-refractivity contribution in [2.45, 2.75) is 72.0 Å². The van der Waals surface area contributed by atoms with Gasteiger partial charge in [-0.15, -0.1) is 0 Å². The Morgan fingerprint density at radius 2 is 1.62 bits per heavy atom. The van der Waals surface area contributed by atoms with Crippen molar-refractivity contribution in [3.63, 3.8) is 0 Å². The van der Waals surface area contributed by atoms with Gasteiger partial charge < -0.3 is 10.2 Å². The highest BCUT2D eigenvalue weighted by atomic mass is 16.2. The van der Waals surface area contributed by atoms with E-state index in [1.54, 1.807) is 4.90 Å². The van der Waals surface area contributed by atoms with Gasteiger partial charge in [0.1, 0.15) is 6.04 Å². The Bertz CT molecular complexity index is 771. The van der Waals surface area contributed by atoms with Crippen molar-refractivity contribution in [3.05, 3.63) is 71.3 Å². The van der Waals surface area contributed by atoms with Gasteiger partial charge in [-0.1, -0.05) is 74.0 Å². The lowest BCUT2D eigenvalue weighted by atomic mass is 10.0. The van der Waals surface area contributed by atoms with Crippen molar-refractivity contribution in [3.8, 4) is 0 Å². The third-order valence-corrected chi connectivity index (χ3v) is 5.21. The van der Waals surface area contributed by atoms with Gasteiger partial charge in [-0.2, -0.15) is 0 Å². The van der Waals surface area contributed by atoms with E-state index < -0.39 is 6.04 Å². The largest absolute Gasteiger partial charge is 0.352 e. The smallest absolute Gasteiger partial charge is 0.243 e. The number of rotatable bonds is 10. The molecule has 0 aliphatic carbocycles. The molecule has 29 heavy (non-hydrogen) atoms. The highest BCUT2D eigenvalue weighted by Crippen LogP contribution is 2.17. The third-order valence-electron chi connectivity index (χ3n) is 5.21. The molecule has 0 aromatic heterocycles. The molecule has 2 amide bonds. The number of aryl methyl sites for hydroxylation is 1. The van der Waals surface area contributed by atoms with Crippen molar-refractivity contribution in [2.24, 2.45) is 0 Å². The molecule has 0 radical (unpaired) electrons. The minimum atomic E-state index is -0.535. The molecule has 2 unspecified atom stereocenters. The number of carbonyl (C=O) groups is 2. The van der Waals surface area contributed by atoms with Gasteiger partial charge in [0.25, 0.3) is 0 Å². The van der Waals surface area contributed by atoms with Crippen molar-refractivity contribution in [1.82, 2.24) is 10.2 Å². The summed E-state index contributed by atoms with van der Waals surface area (Å²) in [4.78, 5) is 28.0. The van der Waals surface area contributed by atoms with Gasteiger partial charge in [-0.25, -0.2) is 0 Å². The summed E-state index contributed by atoms with van der Waals surface area (Å²) in [6.07, 6.45) is 2.55. The third kappa shape index (κ3) is 7.04. The molecular formula is C25H34N2O2. The summed E-state index contributed by atoms with van der Waals surface area (Å²) in [5.41, 5.74) is 3.26. The Morgan fingerprint density at radius 1 is 0.966 bits per heavy atom. The summed E-state index contributed by atoms with van der Waals surface area (Å²) in [6.45, 7) is 8.51. The minimum Gasteiger partial charge on any atom is -0.352 e. The highest BCUT2D eigenvalue weighted by molar-refractivity contribution is 5.88. The van der Waals surface area contributed by atoms with E-state index in [-0.39, 0.29) is 17.9 Å². The summed E-state index contributed by atoms with van der Waals surface area (Å²) in [5.74, 6) is -0.0620. The zero-order chi connectivity index (χ0) is 21.2. The van der Waals surface area contributed by atoms with Crippen molar-refractivity contribution in [1.29, 1.82) is 0 Å². The fourth-order valence-electron chi connectivity index (χ4n) is 3.24. The monoisotopic (exact) mass is 394 g/mol. The van der Waals surface area contributed by atoms with E-state index in [1.165, 1.54) is 5.56 Å². The van der Waals surface area contributed by atoms with E-state index in [0.29, 0.717) is 19.4 Å². The molecule has 2 aromatic carbocycles. The van der Waals surface area contributed by atoms with Crippen LogP contribution < -0.4 is 5.32 Å². The van der Waals surface area contributed by atoms with Gasteiger partial charge in [0.2, 0.25) is 11.8 Å². The SMILES string of the molecule is CCCC(=O)N(Cc1ccc(C)cc1)C(Cc1ccccc1)C(=O)NC(C)CC. The second-order valence-corrected chi connectivity index (χ2v) is 7.78. The first kappa shape index (κ1) is 22.7. The topological polar surface area (TPSA) is 49.4 Å². The van der Waals surface area contributed by atoms with Crippen LogP contribution >= 0.6 is 0 Å². The Hall–Kier alpha value is -2.62. The van der Waals surface area contributed by atoms with E-state index >= 15 is 0 Å². The van der Waals surface area contributed by atoms with Gasteiger partial charge in [0.05, 0.1) is 0 Å². The zero-order valence-corrected chi connectivity index (χ0v) is 18.2. The molecule has 0 heterocycles. The van der Waals surface area contributed by atoms with Gasteiger partial charge in [0.15, 0.2) is 0 Å². The summed E-state index contributed by atoms with van der Waals surface area (Å²) >= 11 is 0. The van der Waals surface area contributed by atoms with Crippen LogP contribution in [-0.4, -0.2) is 28.8 Å². The normalized spacial score (nSPS) is 12.8. The molecule has 2 rings (SSSR count). The minimum absolute atomic E-state index is 0.0216. The van der Waals surface area contributed by atoms with Crippen LogP contribution in [0.25, 0.3) is 0 Å². The molecule has 4 heteroatoms. The van der Waals surface area contributed by atoms with Crippen LogP contribution in [0.4, 0.5) is 0 Å². The van der Waals surface area contributed by atoms with Gasteiger partial charge in [-0.05, 0) is 37.8 Å². The molecular weight excluding hydrogens is 360 g/mol. The van der Waals surface area contributed by atoms with E-state index in [4.69, 9.17) is 0 Å². The first-order valence-corrected chi connectivity index (χ1v) is 10.6. The average molecular weight is 395 g/mol. The quantitative estimate of drug-likeness (QED) is 0.638. The van der Waals surface area contributed by atoms with Gasteiger partial charge in [0, 0.05) is 25.4 Å².